The molecule has 1 atom stereocenters. The van der Waals surface area contributed by atoms with Crippen molar-refractivity contribution in [2.75, 3.05) is 55.8 Å². The maximum atomic E-state index is 13.2. The molecule has 8 heteroatoms. The average Bonchev–Trinajstić information content (AvgIpc) is 3.26. The summed E-state index contributed by atoms with van der Waals surface area (Å²) in [5.41, 5.74) is 4.35. The smallest absolute Gasteiger partial charge is 0.281 e. The molecule has 1 fully saturated rings. The molecular formula is C24H30N4O4. The van der Waals surface area contributed by atoms with Gasteiger partial charge in [-0.3, -0.25) is 9.59 Å². The fraction of sp³-hybridized carbons (Fsp3) is 0.542. The molecule has 1 unspecified atom stereocenters. The quantitative estimate of drug-likeness (QED) is 0.721. The molecule has 1 aliphatic carbocycles. The molecule has 2 amide bonds. The van der Waals surface area contributed by atoms with Crippen LogP contribution in [0.15, 0.2) is 34.9 Å². The molecule has 0 radical (unpaired) electrons. The zero-order valence-corrected chi connectivity index (χ0v) is 18.6. The summed E-state index contributed by atoms with van der Waals surface area (Å²) in [6.45, 7) is 5.87. The van der Waals surface area contributed by atoms with Gasteiger partial charge in [0.25, 0.3) is 5.91 Å². The Kier molecular flexibility index (Phi) is 5.87. The van der Waals surface area contributed by atoms with Crippen molar-refractivity contribution >= 4 is 29.1 Å². The van der Waals surface area contributed by atoms with Gasteiger partial charge in [-0.15, -0.1) is 5.10 Å². The first kappa shape index (κ1) is 21.0. The van der Waals surface area contributed by atoms with Crippen molar-refractivity contribution in [2.45, 2.75) is 32.6 Å². The van der Waals surface area contributed by atoms with Crippen LogP contribution in [0.25, 0.3) is 0 Å². The summed E-state index contributed by atoms with van der Waals surface area (Å²) < 4.78 is 11.1. The molecule has 0 bridgehead atoms. The van der Waals surface area contributed by atoms with E-state index < -0.39 is 0 Å². The van der Waals surface area contributed by atoms with E-state index in [0.717, 1.165) is 63.2 Å². The maximum absolute atomic E-state index is 13.2. The van der Waals surface area contributed by atoms with E-state index >= 15 is 0 Å². The summed E-state index contributed by atoms with van der Waals surface area (Å²) in [4.78, 5) is 29.7. The summed E-state index contributed by atoms with van der Waals surface area (Å²) >= 11 is 0. The molecule has 1 aromatic carbocycles. The molecule has 1 aromatic rings. The Labute approximate surface area is 188 Å². The van der Waals surface area contributed by atoms with Gasteiger partial charge in [-0.1, -0.05) is 19.1 Å². The lowest BCUT2D eigenvalue weighted by atomic mass is 9.91. The standard InChI is InChI=1S/C24H30N4O4/c1-17-5-7-18(8-6-17)24-25-28(23(30)16-32-24)15-22(29)27-10-9-19-20(3-2-4-21(19)27)26-11-13-31-14-12-26/h2-4,7,17H,5-6,8-16H2,1H3. The van der Waals surface area contributed by atoms with E-state index in [2.05, 4.69) is 29.1 Å². The predicted octanol–water partition coefficient (Wildman–Crippen LogP) is 2.33. The van der Waals surface area contributed by atoms with Crippen LogP contribution in [0.4, 0.5) is 11.4 Å². The van der Waals surface area contributed by atoms with Crippen LogP contribution in [0.1, 0.15) is 31.7 Å². The van der Waals surface area contributed by atoms with Crippen LogP contribution in [-0.4, -0.2) is 68.7 Å². The molecule has 0 N–H and O–H groups in total. The maximum Gasteiger partial charge on any atom is 0.281 e. The van der Waals surface area contributed by atoms with Crippen molar-refractivity contribution in [3.63, 3.8) is 0 Å². The number of fused-ring (bicyclic) bond motifs is 1. The second kappa shape index (κ2) is 8.94. The Bertz CT molecular complexity index is 967. The minimum Gasteiger partial charge on any atom is -0.466 e. The van der Waals surface area contributed by atoms with Crippen LogP contribution in [0.2, 0.25) is 0 Å². The van der Waals surface area contributed by atoms with Crippen LogP contribution in [0, 0.1) is 5.92 Å². The van der Waals surface area contributed by atoms with Crippen LogP contribution < -0.4 is 9.80 Å². The molecule has 3 heterocycles. The lowest BCUT2D eigenvalue weighted by Gasteiger charge is -2.31. The van der Waals surface area contributed by atoms with Gasteiger partial charge in [0.1, 0.15) is 6.54 Å². The average molecular weight is 439 g/mol. The minimum absolute atomic E-state index is 0.0726. The van der Waals surface area contributed by atoms with Gasteiger partial charge in [-0.2, -0.15) is 0 Å². The third kappa shape index (κ3) is 4.11. The fourth-order valence-electron chi connectivity index (χ4n) is 4.83. The molecule has 170 valence electrons. The van der Waals surface area contributed by atoms with Gasteiger partial charge in [0.15, 0.2) is 6.61 Å². The number of benzene rings is 1. The van der Waals surface area contributed by atoms with Crippen molar-refractivity contribution in [3.05, 3.63) is 35.4 Å². The van der Waals surface area contributed by atoms with Crippen molar-refractivity contribution in [1.29, 1.82) is 0 Å². The first-order valence-corrected chi connectivity index (χ1v) is 11.6. The number of hydrogen-bond acceptors (Lipinski definition) is 6. The summed E-state index contributed by atoms with van der Waals surface area (Å²) in [5.74, 6) is 0.737. The summed E-state index contributed by atoms with van der Waals surface area (Å²) in [7, 11) is 0. The molecule has 0 aromatic heterocycles. The lowest BCUT2D eigenvalue weighted by molar-refractivity contribution is -0.139. The van der Waals surface area contributed by atoms with E-state index in [4.69, 9.17) is 9.47 Å². The van der Waals surface area contributed by atoms with Gasteiger partial charge in [0.05, 0.1) is 13.2 Å². The van der Waals surface area contributed by atoms with Crippen molar-refractivity contribution in [3.8, 4) is 0 Å². The number of allylic oxidation sites excluding steroid dienone is 1. The molecule has 0 spiro atoms. The molecule has 1 saturated heterocycles. The lowest BCUT2D eigenvalue weighted by Crippen LogP contribution is -2.44. The number of amides is 2. The van der Waals surface area contributed by atoms with Crippen LogP contribution in [0.3, 0.4) is 0 Å². The summed E-state index contributed by atoms with van der Waals surface area (Å²) in [6, 6.07) is 6.12. The number of rotatable bonds is 4. The highest BCUT2D eigenvalue weighted by atomic mass is 16.5. The highest BCUT2D eigenvalue weighted by Crippen LogP contribution is 2.36. The molecule has 3 aliphatic heterocycles. The first-order valence-electron chi connectivity index (χ1n) is 11.6. The van der Waals surface area contributed by atoms with E-state index in [-0.39, 0.29) is 25.0 Å². The van der Waals surface area contributed by atoms with E-state index in [1.54, 1.807) is 4.90 Å². The normalized spacial score (nSPS) is 23.5. The van der Waals surface area contributed by atoms with Crippen molar-refractivity contribution < 1.29 is 19.1 Å². The van der Waals surface area contributed by atoms with Gasteiger partial charge >= 0.3 is 0 Å². The Morgan fingerprint density at radius 3 is 2.75 bits per heavy atom. The summed E-state index contributed by atoms with van der Waals surface area (Å²) in [6.07, 6.45) is 5.91. The highest BCUT2D eigenvalue weighted by Gasteiger charge is 2.32. The van der Waals surface area contributed by atoms with Gasteiger partial charge < -0.3 is 19.3 Å². The number of anilines is 2. The number of carbonyl (C=O) groups is 2. The molecule has 4 aliphatic rings. The zero-order chi connectivity index (χ0) is 22.1. The van der Waals surface area contributed by atoms with Gasteiger partial charge in [0, 0.05) is 42.1 Å². The topological polar surface area (TPSA) is 74.7 Å². The Morgan fingerprint density at radius 2 is 1.97 bits per heavy atom. The number of ether oxygens (including phenoxy) is 2. The molecule has 0 saturated carbocycles. The van der Waals surface area contributed by atoms with Crippen LogP contribution in [0.5, 0.6) is 0 Å². The van der Waals surface area contributed by atoms with Gasteiger partial charge in [0.2, 0.25) is 11.8 Å². The second-order valence-electron chi connectivity index (χ2n) is 8.92. The number of hydrazone groups is 1. The minimum atomic E-state index is -0.284. The number of hydrogen-bond donors (Lipinski definition) is 0. The van der Waals surface area contributed by atoms with E-state index in [1.807, 2.05) is 12.1 Å². The molecule has 8 nitrogen and oxygen atoms in total. The Morgan fingerprint density at radius 1 is 1.16 bits per heavy atom. The van der Waals surface area contributed by atoms with Crippen LogP contribution >= 0.6 is 0 Å². The predicted molar refractivity (Wildman–Crippen MR) is 122 cm³/mol. The Balaban J connectivity index is 1.32. The third-order valence-corrected chi connectivity index (χ3v) is 6.72. The molecular weight excluding hydrogens is 408 g/mol. The largest absolute Gasteiger partial charge is 0.466 e. The first-order chi connectivity index (χ1) is 15.6. The van der Waals surface area contributed by atoms with E-state index in [1.165, 1.54) is 16.3 Å². The number of nitrogens with zero attached hydrogens (tertiary/aromatic N) is 4. The third-order valence-electron chi connectivity index (χ3n) is 6.72. The van der Waals surface area contributed by atoms with E-state index in [9.17, 15) is 9.59 Å². The highest BCUT2D eigenvalue weighted by molar-refractivity contribution is 6.02. The Hall–Kier alpha value is -2.87. The number of carbonyl (C=O) groups excluding carboxylic acids is 2. The SMILES string of the molecule is CC1CC=C(C2=NN(CC(=O)N3CCc4c(N5CCOCC5)cccc43)C(=O)CO2)CC1. The van der Waals surface area contributed by atoms with Gasteiger partial charge in [-0.05, 0) is 43.7 Å². The monoisotopic (exact) mass is 438 g/mol. The molecule has 5 rings (SSSR count). The zero-order valence-electron chi connectivity index (χ0n) is 18.6. The van der Waals surface area contributed by atoms with Gasteiger partial charge in [-0.25, -0.2) is 5.01 Å². The van der Waals surface area contributed by atoms with E-state index in [0.29, 0.717) is 18.4 Å². The second-order valence-corrected chi connectivity index (χ2v) is 8.92. The van der Waals surface area contributed by atoms with Crippen molar-refractivity contribution in [1.82, 2.24) is 5.01 Å². The molecule has 32 heavy (non-hydrogen) atoms. The van der Waals surface area contributed by atoms with Crippen LogP contribution in [-0.2, 0) is 25.5 Å². The fourth-order valence-corrected chi connectivity index (χ4v) is 4.83. The number of morpholine rings is 1. The van der Waals surface area contributed by atoms with Crippen molar-refractivity contribution in [2.24, 2.45) is 11.0 Å². The summed E-state index contributed by atoms with van der Waals surface area (Å²) in [5, 5.41) is 5.69.